The quantitative estimate of drug-likeness (QED) is 0.542. The zero-order valence-corrected chi connectivity index (χ0v) is 19.6. The Morgan fingerprint density at radius 2 is 1.88 bits per heavy atom. The second-order valence-corrected chi connectivity index (χ2v) is 9.42. The van der Waals surface area contributed by atoms with E-state index in [1.54, 1.807) is 7.11 Å². The molecular weight excluding hydrogens is 424 g/mol. The fraction of sp³-hybridized carbons (Fsp3) is 0.393. The first-order valence-electron chi connectivity index (χ1n) is 12.1. The first-order chi connectivity index (χ1) is 16.7. The van der Waals surface area contributed by atoms with Gasteiger partial charge in [-0.1, -0.05) is 24.6 Å². The van der Waals surface area contributed by atoms with Gasteiger partial charge in [0.1, 0.15) is 5.82 Å². The predicted molar refractivity (Wildman–Crippen MR) is 130 cm³/mol. The zero-order chi connectivity index (χ0) is 23.5. The van der Waals surface area contributed by atoms with Gasteiger partial charge in [0.25, 0.3) is 5.91 Å². The molecule has 2 aliphatic rings. The van der Waals surface area contributed by atoms with Crippen molar-refractivity contribution in [3.8, 4) is 17.5 Å². The van der Waals surface area contributed by atoms with E-state index in [4.69, 9.17) is 10.00 Å². The highest BCUT2D eigenvalue weighted by Gasteiger charge is 2.28. The van der Waals surface area contributed by atoms with Crippen LogP contribution in [0.4, 0.5) is 0 Å². The molecular formula is C28H30N4O2. The number of benzene rings is 2. The van der Waals surface area contributed by atoms with Crippen molar-refractivity contribution < 1.29 is 9.53 Å². The molecule has 0 unspecified atom stereocenters. The van der Waals surface area contributed by atoms with Crippen molar-refractivity contribution in [1.29, 1.82) is 5.26 Å². The summed E-state index contributed by atoms with van der Waals surface area (Å²) in [4.78, 5) is 23.4. The average molecular weight is 455 g/mol. The molecule has 0 spiro atoms. The lowest BCUT2D eigenvalue weighted by atomic mass is 9.77. The first-order valence-corrected chi connectivity index (χ1v) is 12.1. The number of likely N-dealkylation sites (tertiary alicyclic amines) is 1. The van der Waals surface area contributed by atoms with Crippen LogP contribution in [-0.4, -0.2) is 41.0 Å². The summed E-state index contributed by atoms with van der Waals surface area (Å²) in [6.07, 6.45) is 7.31. The van der Waals surface area contributed by atoms with E-state index in [1.165, 1.54) is 30.4 Å². The number of nitrogens with zero attached hydrogens (tertiary/aromatic N) is 3. The second-order valence-electron chi connectivity index (χ2n) is 9.42. The number of amides is 1. The number of hydrogen-bond donors (Lipinski definition) is 1. The Labute approximate surface area is 200 Å². The van der Waals surface area contributed by atoms with Gasteiger partial charge in [0.2, 0.25) is 0 Å². The summed E-state index contributed by atoms with van der Waals surface area (Å²) in [5.41, 5.74) is 5.90. The number of hydrogen-bond acceptors (Lipinski definition) is 4. The summed E-state index contributed by atoms with van der Waals surface area (Å²) >= 11 is 0. The minimum Gasteiger partial charge on any atom is -0.378 e. The van der Waals surface area contributed by atoms with E-state index in [9.17, 15) is 4.79 Å². The molecule has 6 nitrogen and oxygen atoms in total. The van der Waals surface area contributed by atoms with Crippen LogP contribution in [0.2, 0.25) is 0 Å². The predicted octanol–water partition coefficient (Wildman–Crippen LogP) is 5.38. The van der Waals surface area contributed by atoms with Crippen LogP contribution in [0.25, 0.3) is 11.4 Å². The van der Waals surface area contributed by atoms with E-state index in [1.807, 2.05) is 47.5 Å². The maximum atomic E-state index is 13.4. The molecule has 6 heteroatoms. The lowest BCUT2D eigenvalue weighted by Gasteiger charge is -2.33. The number of methoxy groups -OCH3 is 1. The number of imidazole rings is 1. The van der Waals surface area contributed by atoms with E-state index < -0.39 is 0 Å². The molecule has 0 radical (unpaired) electrons. The SMILES string of the molecule is COCc1cnc(-c2cc(C(=O)N3CCC(c4ccc(C#N)cc4)CC3)ccc2C2CCC2)[nH]1. The van der Waals surface area contributed by atoms with Gasteiger partial charge in [0.15, 0.2) is 0 Å². The molecule has 0 atom stereocenters. The fourth-order valence-electron chi connectivity index (χ4n) is 5.12. The summed E-state index contributed by atoms with van der Waals surface area (Å²) in [6.45, 7) is 1.96. The van der Waals surface area contributed by atoms with Gasteiger partial charge in [0.05, 0.1) is 30.1 Å². The Bertz CT molecular complexity index is 1200. The third-order valence-corrected chi connectivity index (χ3v) is 7.32. The van der Waals surface area contributed by atoms with Crippen LogP contribution in [0.1, 0.15) is 76.7 Å². The van der Waals surface area contributed by atoms with E-state index >= 15 is 0 Å². The van der Waals surface area contributed by atoms with Crippen molar-refractivity contribution in [3.63, 3.8) is 0 Å². The topological polar surface area (TPSA) is 82.0 Å². The van der Waals surface area contributed by atoms with Crippen molar-refractivity contribution in [1.82, 2.24) is 14.9 Å². The third kappa shape index (κ3) is 4.49. The van der Waals surface area contributed by atoms with E-state index in [0.29, 0.717) is 24.0 Å². The van der Waals surface area contributed by atoms with E-state index in [-0.39, 0.29) is 5.91 Å². The molecule has 2 aromatic carbocycles. The van der Waals surface area contributed by atoms with Crippen LogP contribution in [0.5, 0.6) is 0 Å². The number of ether oxygens (including phenoxy) is 1. The van der Waals surface area contributed by atoms with Gasteiger partial charge in [-0.15, -0.1) is 0 Å². The van der Waals surface area contributed by atoms with Crippen molar-refractivity contribution in [3.05, 3.63) is 76.6 Å². The maximum Gasteiger partial charge on any atom is 0.253 e. The van der Waals surface area contributed by atoms with Crippen LogP contribution >= 0.6 is 0 Å². The highest BCUT2D eigenvalue weighted by molar-refractivity contribution is 5.95. The molecule has 1 amide bonds. The Morgan fingerprint density at radius 3 is 2.53 bits per heavy atom. The standard InChI is InChI=1S/C28H30N4O2/c1-34-18-24-17-30-27(31-24)26-15-23(9-10-25(26)22-3-2-4-22)28(33)32-13-11-21(12-14-32)20-7-5-19(16-29)6-8-20/h5-10,15,17,21-22H,2-4,11-14,18H2,1H3,(H,30,31). The Morgan fingerprint density at radius 1 is 1.12 bits per heavy atom. The number of aromatic amines is 1. The smallest absolute Gasteiger partial charge is 0.253 e. The molecule has 1 N–H and O–H groups in total. The van der Waals surface area contributed by atoms with Gasteiger partial charge in [-0.2, -0.15) is 5.26 Å². The number of carbonyl (C=O) groups is 1. The van der Waals surface area contributed by atoms with Crippen LogP contribution < -0.4 is 0 Å². The molecule has 1 aliphatic carbocycles. The van der Waals surface area contributed by atoms with Crippen LogP contribution in [0.15, 0.2) is 48.7 Å². The largest absolute Gasteiger partial charge is 0.378 e. The molecule has 0 bridgehead atoms. The number of H-pyrrole nitrogens is 1. The number of nitriles is 1. The maximum absolute atomic E-state index is 13.4. The number of carbonyl (C=O) groups excluding carboxylic acids is 1. The lowest BCUT2D eigenvalue weighted by molar-refractivity contribution is 0.0713. The van der Waals surface area contributed by atoms with Gasteiger partial charge in [-0.3, -0.25) is 4.79 Å². The van der Waals surface area contributed by atoms with Gasteiger partial charge < -0.3 is 14.6 Å². The molecule has 2 heterocycles. The first kappa shape index (κ1) is 22.4. The number of rotatable bonds is 6. The molecule has 1 aliphatic heterocycles. The lowest BCUT2D eigenvalue weighted by Crippen LogP contribution is -2.38. The monoisotopic (exact) mass is 454 g/mol. The molecule has 1 aromatic heterocycles. The van der Waals surface area contributed by atoms with Crippen LogP contribution in [0.3, 0.4) is 0 Å². The minimum absolute atomic E-state index is 0.0864. The third-order valence-electron chi connectivity index (χ3n) is 7.32. The van der Waals surface area contributed by atoms with Crippen molar-refractivity contribution in [2.45, 2.75) is 50.5 Å². The minimum atomic E-state index is 0.0864. The van der Waals surface area contributed by atoms with E-state index in [2.05, 4.69) is 22.1 Å². The summed E-state index contributed by atoms with van der Waals surface area (Å²) in [6, 6.07) is 16.2. The molecule has 1 saturated heterocycles. The summed E-state index contributed by atoms with van der Waals surface area (Å²) < 4.78 is 5.23. The van der Waals surface area contributed by atoms with Crippen LogP contribution in [0, 0.1) is 11.3 Å². The fourth-order valence-corrected chi connectivity index (χ4v) is 5.12. The summed E-state index contributed by atoms with van der Waals surface area (Å²) in [5, 5.41) is 9.02. The van der Waals surface area contributed by atoms with Crippen molar-refractivity contribution in [2.75, 3.05) is 20.2 Å². The molecule has 3 aromatic rings. The number of aromatic nitrogens is 2. The highest BCUT2D eigenvalue weighted by Crippen LogP contribution is 2.41. The second kappa shape index (κ2) is 9.82. The van der Waals surface area contributed by atoms with E-state index in [0.717, 1.165) is 48.6 Å². The molecule has 5 rings (SSSR count). The van der Waals surface area contributed by atoms with Crippen LogP contribution in [-0.2, 0) is 11.3 Å². The Balaban J connectivity index is 1.33. The molecule has 174 valence electrons. The highest BCUT2D eigenvalue weighted by atomic mass is 16.5. The molecule has 1 saturated carbocycles. The Kier molecular flexibility index (Phi) is 6.46. The van der Waals surface area contributed by atoms with Gasteiger partial charge in [-0.05, 0) is 72.9 Å². The zero-order valence-electron chi connectivity index (χ0n) is 19.6. The average Bonchev–Trinajstić information content (AvgIpc) is 3.32. The van der Waals surface area contributed by atoms with Crippen molar-refractivity contribution in [2.24, 2.45) is 0 Å². The molecule has 2 fully saturated rings. The summed E-state index contributed by atoms with van der Waals surface area (Å²) in [5.74, 6) is 1.86. The number of nitrogens with one attached hydrogen (secondary N) is 1. The van der Waals surface area contributed by atoms with Gasteiger partial charge in [-0.25, -0.2) is 4.98 Å². The van der Waals surface area contributed by atoms with Gasteiger partial charge >= 0.3 is 0 Å². The van der Waals surface area contributed by atoms with Gasteiger partial charge in [0, 0.05) is 31.3 Å². The normalized spacial score (nSPS) is 16.8. The Hall–Kier alpha value is -3.43. The number of piperidine rings is 1. The van der Waals surface area contributed by atoms with Crippen molar-refractivity contribution >= 4 is 5.91 Å². The molecule has 34 heavy (non-hydrogen) atoms. The summed E-state index contributed by atoms with van der Waals surface area (Å²) in [7, 11) is 1.67.